The van der Waals surface area contributed by atoms with E-state index in [2.05, 4.69) is 31.1 Å². The molecule has 2 aliphatic rings. The molecule has 2 N–H and O–H groups in total. The number of ether oxygens (including phenoxy) is 1. The van der Waals surface area contributed by atoms with Crippen molar-refractivity contribution < 1.29 is 14.3 Å². The molecule has 2 aliphatic carbocycles. The SMILES string of the molecule is COC(=O)c1c(C)[nH]c(C(=O)N[C@H]2C[C@H]3CC[C@@]2(C)C3(C)C)c1C. The molecule has 1 aromatic rings. The maximum Gasteiger partial charge on any atom is 0.339 e. The second-order valence-electron chi connectivity index (χ2n) is 8.25. The van der Waals surface area contributed by atoms with E-state index in [9.17, 15) is 9.59 Å². The van der Waals surface area contributed by atoms with Gasteiger partial charge >= 0.3 is 5.97 Å². The molecule has 0 radical (unpaired) electrons. The highest BCUT2D eigenvalue weighted by molar-refractivity contribution is 6.00. The van der Waals surface area contributed by atoms with E-state index < -0.39 is 5.97 Å². The first-order chi connectivity index (χ1) is 11.1. The summed E-state index contributed by atoms with van der Waals surface area (Å²) in [4.78, 5) is 27.8. The lowest BCUT2D eigenvalue weighted by molar-refractivity contribution is 0.0599. The largest absolute Gasteiger partial charge is 0.465 e. The molecule has 5 nitrogen and oxygen atoms in total. The third kappa shape index (κ3) is 2.13. The zero-order valence-electron chi connectivity index (χ0n) is 15.5. The molecule has 0 spiro atoms. The molecule has 5 heteroatoms. The van der Waals surface area contributed by atoms with Gasteiger partial charge in [-0.3, -0.25) is 4.79 Å². The number of nitrogens with one attached hydrogen (secondary N) is 2. The van der Waals surface area contributed by atoms with Crippen molar-refractivity contribution in [2.45, 2.75) is 59.9 Å². The fourth-order valence-corrected chi connectivity index (χ4v) is 5.04. The van der Waals surface area contributed by atoms with E-state index in [1.54, 1.807) is 13.8 Å². The van der Waals surface area contributed by atoms with Crippen LogP contribution < -0.4 is 5.32 Å². The van der Waals surface area contributed by atoms with Crippen molar-refractivity contribution >= 4 is 11.9 Å². The third-order valence-electron chi connectivity index (χ3n) is 7.15. The van der Waals surface area contributed by atoms with E-state index in [4.69, 9.17) is 4.74 Å². The molecule has 1 amide bonds. The van der Waals surface area contributed by atoms with Crippen molar-refractivity contribution in [1.29, 1.82) is 0 Å². The number of amides is 1. The molecule has 3 rings (SSSR count). The molecular formula is C19H28N2O3. The lowest BCUT2D eigenvalue weighted by Gasteiger charge is -2.39. The van der Waals surface area contributed by atoms with Crippen LogP contribution in [-0.4, -0.2) is 30.0 Å². The highest BCUT2D eigenvalue weighted by atomic mass is 16.5. The Labute approximate surface area is 143 Å². The Bertz CT molecular complexity index is 704. The van der Waals surface area contributed by atoms with Gasteiger partial charge in [-0.15, -0.1) is 0 Å². The zero-order chi connectivity index (χ0) is 17.9. The number of hydrogen-bond donors (Lipinski definition) is 2. The van der Waals surface area contributed by atoms with Gasteiger partial charge in [0.05, 0.1) is 12.7 Å². The van der Waals surface area contributed by atoms with Gasteiger partial charge in [0.25, 0.3) is 5.91 Å². The predicted octanol–water partition coefficient (Wildman–Crippen LogP) is 3.36. The van der Waals surface area contributed by atoms with E-state index >= 15 is 0 Å². The molecule has 0 aromatic carbocycles. The van der Waals surface area contributed by atoms with Crippen LogP contribution in [-0.2, 0) is 4.74 Å². The van der Waals surface area contributed by atoms with E-state index in [-0.39, 0.29) is 22.8 Å². The average molecular weight is 332 g/mol. The summed E-state index contributed by atoms with van der Waals surface area (Å²) >= 11 is 0. The third-order valence-corrected chi connectivity index (χ3v) is 7.15. The number of esters is 1. The van der Waals surface area contributed by atoms with Crippen molar-refractivity contribution in [3.63, 3.8) is 0 Å². The predicted molar refractivity (Wildman–Crippen MR) is 92.1 cm³/mol. The first-order valence-electron chi connectivity index (χ1n) is 8.71. The van der Waals surface area contributed by atoms with Crippen LogP contribution in [0, 0.1) is 30.6 Å². The Kier molecular flexibility index (Phi) is 3.81. The topological polar surface area (TPSA) is 71.2 Å². The zero-order valence-corrected chi connectivity index (χ0v) is 15.5. The Morgan fingerprint density at radius 1 is 1.25 bits per heavy atom. The van der Waals surface area contributed by atoms with Crippen molar-refractivity contribution in [1.82, 2.24) is 10.3 Å². The first-order valence-corrected chi connectivity index (χ1v) is 8.71. The number of fused-ring (bicyclic) bond motifs is 2. The van der Waals surface area contributed by atoms with Crippen LogP contribution in [0.15, 0.2) is 0 Å². The lowest BCUT2D eigenvalue weighted by atomic mass is 9.69. The molecule has 1 heterocycles. The Morgan fingerprint density at radius 2 is 1.92 bits per heavy atom. The quantitative estimate of drug-likeness (QED) is 0.834. The lowest BCUT2D eigenvalue weighted by Crippen LogP contribution is -2.47. The first kappa shape index (κ1) is 17.1. The molecule has 0 unspecified atom stereocenters. The monoisotopic (exact) mass is 332 g/mol. The van der Waals surface area contributed by atoms with Gasteiger partial charge in [-0.2, -0.15) is 0 Å². The van der Waals surface area contributed by atoms with Crippen LogP contribution in [0.1, 0.15) is 72.1 Å². The number of hydrogen-bond acceptors (Lipinski definition) is 3. The molecule has 3 atom stereocenters. The highest BCUT2D eigenvalue weighted by Gasteiger charge is 2.61. The molecule has 0 aliphatic heterocycles. The number of aromatic amines is 1. The number of rotatable bonds is 3. The number of aryl methyl sites for hydroxylation is 1. The second kappa shape index (κ2) is 5.36. The van der Waals surface area contributed by atoms with E-state index in [0.29, 0.717) is 28.4 Å². The molecular weight excluding hydrogens is 304 g/mol. The van der Waals surface area contributed by atoms with Gasteiger partial charge in [0.2, 0.25) is 0 Å². The Morgan fingerprint density at radius 3 is 2.42 bits per heavy atom. The van der Waals surface area contributed by atoms with E-state index in [0.717, 1.165) is 12.8 Å². The number of carbonyl (C=O) groups excluding carboxylic acids is 2. The minimum atomic E-state index is -0.409. The summed E-state index contributed by atoms with van der Waals surface area (Å²) < 4.78 is 4.82. The van der Waals surface area contributed by atoms with Gasteiger partial charge in [-0.1, -0.05) is 20.8 Å². The molecule has 0 saturated heterocycles. The van der Waals surface area contributed by atoms with Crippen LogP contribution in [0.3, 0.4) is 0 Å². The standard InChI is InChI=1S/C19H28N2O3/c1-10-14(17(23)24-6)11(2)20-15(10)16(22)21-13-9-12-7-8-19(13,5)18(12,3)4/h12-13,20H,7-9H2,1-6H3,(H,21,22)/t12-,13+,19-/m1/s1. The van der Waals surface area contributed by atoms with Crippen molar-refractivity contribution in [3.8, 4) is 0 Å². The number of aromatic nitrogens is 1. The minimum absolute atomic E-state index is 0.125. The Balaban J connectivity index is 1.84. The fourth-order valence-electron chi connectivity index (χ4n) is 5.04. The van der Waals surface area contributed by atoms with Gasteiger partial charge in [-0.25, -0.2) is 4.79 Å². The van der Waals surface area contributed by atoms with Crippen molar-refractivity contribution in [2.75, 3.05) is 7.11 Å². The summed E-state index contributed by atoms with van der Waals surface area (Å²) in [6.07, 6.45) is 3.45. The number of H-pyrrole nitrogens is 1. The molecule has 2 saturated carbocycles. The summed E-state index contributed by atoms with van der Waals surface area (Å²) in [5.41, 5.74) is 2.64. The molecule has 2 fully saturated rings. The van der Waals surface area contributed by atoms with Gasteiger partial charge < -0.3 is 15.0 Å². The highest BCUT2D eigenvalue weighted by Crippen LogP contribution is 2.65. The summed E-state index contributed by atoms with van der Waals surface area (Å²) in [5, 5.41) is 3.24. The van der Waals surface area contributed by atoms with Crippen LogP contribution in [0.4, 0.5) is 0 Å². The summed E-state index contributed by atoms with van der Waals surface area (Å²) in [6, 6.07) is 0.184. The maximum atomic E-state index is 12.8. The second-order valence-corrected chi connectivity index (χ2v) is 8.25. The van der Waals surface area contributed by atoms with Gasteiger partial charge in [0.1, 0.15) is 5.69 Å². The maximum absolute atomic E-state index is 12.8. The summed E-state index contributed by atoms with van der Waals surface area (Å²) in [6.45, 7) is 10.5. The van der Waals surface area contributed by atoms with Crippen molar-refractivity contribution in [3.05, 3.63) is 22.5 Å². The van der Waals surface area contributed by atoms with E-state index in [1.807, 2.05) is 0 Å². The fraction of sp³-hybridized carbons (Fsp3) is 0.684. The van der Waals surface area contributed by atoms with Crippen LogP contribution in [0.2, 0.25) is 0 Å². The summed E-state index contributed by atoms with van der Waals surface area (Å²) in [5.74, 6) is 0.138. The van der Waals surface area contributed by atoms with Gasteiger partial charge in [0.15, 0.2) is 0 Å². The number of carbonyl (C=O) groups is 2. The molecule has 24 heavy (non-hydrogen) atoms. The van der Waals surface area contributed by atoms with Crippen LogP contribution >= 0.6 is 0 Å². The normalized spacial score (nSPS) is 30.4. The van der Waals surface area contributed by atoms with Crippen LogP contribution in [0.25, 0.3) is 0 Å². The van der Waals surface area contributed by atoms with Gasteiger partial charge in [-0.05, 0) is 55.4 Å². The molecule has 132 valence electrons. The smallest absolute Gasteiger partial charge is 0.339 e. The summed E-state index contributed by atoms with van der Waals surface area (Å²) in [7, 11) is 1.35. The average Bonchev–Trinajstić information content (AvgIpc) is 3.00. The molecule has 1 aromatic heterocycles. The number of methoxy groups -OCH3 is 1. The minimum Gasteiger partial charge on any atom is -0.465 e. The molecule has 2 bridgehead atoms. The van der Waals surface area contributed by atoms with Crippen molar-refractivity contribution in [2.24, 2.45) is 16.7 Å². The van der Waals surface area contributed by atoms with E-state index in [1.165, 1.54) is 13.5 Å². The Hall–Kier alpha value is -1.78. The van der Waals surface area contributed by atoms with Crippen LogP contribution in [0.5, 0.6) is 0 Å². The van der Waals surface area contributed by atoms with Gasteiger partial charge in [0, 0.05) is 11.7 Å².